The summed E-state index contributed by atoms with van der Waals surface area (Å²) in [5.41, 5.74) is 5.11. The number of imidazole rings is 1. The lowest BCUT2D eigenvalue weighted by atomic mass is 10.1. The predicted octanol–water partition coefficient (Wildman–Crippen LogP) is 4.87. The van der Waals surface area contributed by atoms with E-state index in [2.05, 4.69) is 11.5 Å². The smallest absolute Gasteiger partial charge is 0.227 e. The Bertz CT molecular complexity index is 1330. The van der Waals surface area contributed by atoms with Crippen LogP contribution in [0, 0.1) is 6.92 Å². The van der Waals surface area contributed by atoms with E-state index in [0.717, 1.165) is 40.3 Å². The highest BCUT2D eigenvalue weighted by Crippen LogP contribution is 2.33. The van der Waals surface area contributed by atoms with Gasteiger partial charge in [-0.1, -0.05) is 43.3 Å². The molecule has 35 heavy (non-hydrogen) atoms. The van der Waals surface area contributed by atoms with Gasteiger partial charge in [0.2, 0.25) is 5.91 Å². The van der Waals surface area contributed by atoms with E-state index in [1.807, 2.05) is 84.6 Å². The fourth-order valence-corrected chi connectivity index (χ4v) is 4.80. The number of carbonyl (C=O) groups is 1. The van der Waals surface area contributed by atoms with E-state index in [9.17, 15) is 9.90 Å². The number of aliphatic hydroxyl groups excluding tert-OH is 1. The molecule has 180 valence electrons. The van der Waals surface area contributed by atoms with Crippen LogP contribution in [0.1, 0.15) is 36.2 Å². The van der Waals surface area contributed by atoms with Gasteiger partial charge in [-0.25, -0.2) is 4.98 Å². The van der Waals surface area contributed by atoms with Crippen LogP contribution in [0.5, 0.6) is 5.75 Å². The summed E-state index contributed by atoms with van der Waals surface area (Å²) in [6.45, 7) is 5.24. The second kappa shape index (κ2) is 9.92. The van der Waals surface area contributed by atoms with Crippen LogP contribution >= 0.6 is 0 Å². The average Bonchev–Trinajstić information content (AvgIpc) is 3.43. The van der Waals surface area contributed by atoms with Gasteiger partial charge < -0.3 is 19.3 Å². The molecule has 6 nitrogen and oxygen atoms in total. The second-order valence-corrected chi connectivity index (χ2v) is 9.28. The van der Waals surface area contributed by atoms with Crippen LogP contribution in [-0.4, -0.2) is 39.8 Å². The Balaban J connectivity index is 1.36. The third kappa shape index (κ3) is 4.93. The number of fused-ring (bicyclic) bond motifs is 1. The minimum absolute atomic E-state index is 0.0508. The summed E-state index contributed by atoms with van der Waals surface area (Å²) in [6, 6.07) is 23.9. The Morgan fingerprint density at radius 3 is 2.66 bits per heavy atom. The topological polar surface area (TPSA) is 67.6 Å². The first-order valence-electron chi connectivity index (χ1n) is 12.2. The van der Waals surface area contributed by atoms with Gasteiger partial charge in [0, 0.05) is 24.6 Å². The molecule has 1 aromatic heterocycles. The maximum absolute atomic E-state index is 12.9. The molecule has 1 aliphatic rings. The zero-order valence-corrected chi connectivity index (χ0v) is 20.2. The molecule has 1 amide bonds. The number of benzene rings is 3. The van der Waals surface area contributed by atoms with Crippen molar-refractivity contribution in [1.29, 1.82) is 0 Å². The van der Waals surface area contributed by atoms with Crippen molar-refractivity contribution >= 4 is 22.6 Å². The van der Waals surface area contributed by atoms with Gasteiger partial charge >= 0.3 is 0 Å². The maximum Gasteiger partial charge on any atom is 0.227 e. The maximum atomic E-state index is 12.9. The number of para-hydroxylation sites is 2. The number of anilines is 1. The molecule has 5 rings (SSSR count). The van der Waals surface area contributed by atoms with Crippen LogP contribution in [-0.2, 0) is 17.8 Å². The number of hydrogen-bond acceptors (Lipinski definition) is 4. The Labute approximate surface area is 205 Å². The molecule has 3 aromatic carbocycles. The quantitative estimate of drug-likeness (QED) is 0.400. The summed E-state index contributed by atoms with van der Waals surface area (Å²) >= 11 is 0. The normalized spacial score (nSPS) is 16.7. The average molecular weight is 470 g/mol. The van der Waals surface area contributed by atoms with Crippen molar-refractivity contribution in [2.24, 2.45) is 0 Å². The van der Waals surface area contributed by atoms with E-state index in [4.69, 9.17) is 9.72 Å². The number of hydrogen-bond donors (Lipinski definition) is 1. The molecule has 0 spiro atoms. The van der Waals surface area contributed by atoms with Gasteiger partial charge in [-0.15, -0.1) is 0 Å². The molecule has 0 saturated carbocycles. The lowest BCUT2D eigenvalue weighted by molar-refractivity contribution is -0.117. The van der Waals surface area contributed by atoms with E-state index in [1.54, 1.807) is 0 Å². The fourth-order valence-electron chi connectivity index (χ4n) is 4.80. The minimum Gasteiger partial charge on any atom is -0.491 e. The summed E-state index contributed by atoms with van der Waals surface area (Å²) in [7, 11) is 0. The van der Waals surface area contributed by atoms with Gasteiger partial charge in [0.1, 0.15) is 24.3 Å². The summed E-state index contributed by atoms with van der Waals surface area (Å²) in [5.74, 6) is 1.62. The number of aliphatic hydroxyl groups is 1. The first kappa shape index (κ1) is 23.1. The molecule has 2 heterocycles. The van der Waals surface area contributed by atoms with Crippen molar-refractivity contribution in [3.8, 4) is 5.75 Å². The molecule has 4 aromatic rings. The number of aromatic nitrogens is 2. The van der Waals surface area contributed by atoms with Crippen LogP contribution in [0.25, 0.3) is 11.0 Å². The minimum atomic E-state index is -0.720. The molecular weight excluding hydrogens is 438 g/mol. The fraction of sp³-hybridized carbons (Fsp3) is 0.310. The zero-order valence-electron chi connectivity index (χ0n) is 20.2. The van der Waals surface area contributed by atoms with E-state index in [0.29, 0.717) is 19.5 Å². The first-order chi connectivity index (χ1) is 17.0. The molecule has 1 saturated heterocycles. The lowest BCUT2D eigenvalue weighted by Gasteiger charge is -2.19. The molecule has 0 aliphatic carbocycles. The molecule has 2 unspecified atom stereocenters. The SMILES string of the molecule is CCc1ccc(OCC(O)Cn2c(C3CC(=O)N(c4cccc(C)c4)C3)nc3ccccc32)cc1. The highest BCUT2D eigenvalue weighted by molar-refractivity contribution is 5.96. The van der Waals surface area contributed by atoms with Crippen molar-refractivity contribution in [2.75, 3.05) is 18.1 Å². The predicted molar refractivity (Wildman–Crippen MR) is 138 cm³/mol. The van der Waals surface area contributed by atoms with E-state index < -0.39 is 6.10 Å². The van der Waals surface area contributed by atoms with Crippen LogP contribution in [0.3, 0.4) is 0 Å². The number of rotatable bonds is 8. The summed E-state index contributed by atoms with van der Waals surface area (Å²) < 4.78 is 7.91. The van der Waals surface area contributed by atoms with Crippen molar-refractivity contribution in [3.63, 3.8) is 0 Å². The van der Waals surface area contributed by atoms with E-state index in [-0.39, 0.29) is 18.4 Å². The molecule has 0 bridgehead atoms. The zero-order chi connectivity index (χ0) is 24.4. The standard InChI is InChI=1S/C29H31N3O3/c1-3-21-11-13-25(14-12-21)35-19-24(33)18-32-27-10-5-4-9-26(27)30-29(32)22-16-28(34)31(17-22)23-8-6-7-20(2)15-23/h4-15,22,24,33H,3,16-19H2,1-2H3. The molecule has 1 fully saturated rings. The van der Waals surface area contributed by atoms with Crippen molar-refractivity contribution in [3.05, 3.63) is 89.7 Å². The Morgan fingerprint density at radius 2 is 1.89 bits per heavy atom. The summed E-state index contributed by atoms with van der Waals surface area (Å²) in [5, 5.41) is 10.9. The van der Waals surface area contributed by atoms with E-state index in [1.165, 1.54) is 5.56 Å². The van der Waals surface area contributed by atoms with Gasteiger partial charge in [-0.05, 0) is 60.9 Å². The number of amides is 1. The summed E-state index contributed by atoms with van der Waals surface area (Å²) in [4.78, 5) is 19.7. The van der Waals surface area contributed by atoms with Crippen LogP contribution in [0.15, 0.2) is 72.8 Å². The highest BCUT2D eigenvalue weighted by Gasteiger charge is 2.35. The Kier molecular flexibility index (Phi) is 6.55. The Hall–Kier alpha value is -3.64. The van der Waals surface area contributed by atoms with Gasteiger partial charge in [0.15, 0.2) is 0 Å². The largest absolute Gasteiger partial charge is 0.491 e. The number of carbonyl (C=O) groups excluding carboxylic acids is 1. The van der Waals surface area contributed by atoms with Gasteiger partial charge in [0.25, 0.3) is 0 Å². The second-order valence-electron chi connectivity index (χ2n) is 9.28. The van der Waals surface area contributed by atoms with Gasteiger partial charge in [0.05, 0.1) is 17.6 Å². The van der Waals surface area contributed by atoms with Gasteiger partial charge in [-0.3, -0.25) is 4.79 Å². The number of aryl methyl sites for hydroxylation is 2. The lowest BCUT2D eigenvalue weighted by Crippen LogP contribution is -2.26. The van der Waals surface area contributed by atoms with Crippen molar-refractivity contribution < 1.29 is 14.6 Å². The molecule has 0 radical (unpaired) electrons. The Morgan fingerprint density at radius 1 is 1.09 bits per heavy atom. The van der Waals surface area contributed by atoms with Crippen molar-refractivity contribution in [2.45, 2.75) is 45.3 Å². The first-order valence-corrected chi connectivity index (χ1v) is 12.2. The molecular formula is C29H31N3O3. The molecule has 1 N–H and O–H groups in total. The van der Waals surface area contributed by atoms with Crippen molar-refractivity contribution in [1.82, 2.24) is 9.55 Å². The van der Waals surface area contributed by atoms with E-state index >= 15 is 0 Å². The van der Waals surface area contributed by atoms with Crippen LogP contribution in [0.2, 0.25) is 0 Å². The third-order valence-electron chi connectivity index (χ3n) is 6.65. The van der Waals surface area contributed by atoms with Crippen LogP contribution < -0.4 is 9.64 Å². The molecule has 2 atom stereocenters. The molecule has 1 aliphatic heterocycles. The number of ether oxygens (including phenoxy) is 1. The third-order valence-corrected chi connectivity index (χ3v) is 6.65. The monoisotopic (exact) mass is 469 g/mol. The number of nitrogens with zero attached hydrogens (tertiary/aromatic N) is 3. The highest BCUT2D eigenvalue weighted by atomic mass is 16.5. The van der Waals surface area contributed by atoms with Crippen LogP contribution in [0.4, 0.5) is 5.69 Å². The van der Waals surface area contributed by atoms with Gasteiger partial charge in [-0.2, -0.15) is 0 Å². The summed E-state index contributed by atoms with van der Waals surface area (Å²) in [6.07, 6.45) is 0.653. The molecule has 6 heteroatoms.